The lowest BCUT2D eigenvalue weighted by atomic mass is 10.1. The van der Waals surface area contributed by atoms with Crippen LogP contribution in [0.4, 0.5) is 4.39 Å². The molecule has 1 heterocycles. The summed E-state index contributed by atoms with van der Waals surface area (Å²) in [5.41, 5.74) is 6.37. The van der Waals surface area contributed by atoms with E-state index < -0.39 is 5.91 Å². The average molecular weight is 343 g/mol. The number of tetrazole rings is 1. The quantitative estimate of drug-likeness (QED) is 0.694. The first-order valence-electron chi connectivity index (χ1n) is 7.19. The molecule has 24 heavy (non-hydrogen) atoms. The molecule has 0 atom stereocenters. The highest BCUT2D eigenvalue weighted by Crippen LogP contribution is 2.21. The predicted molar refractivity (Wildman–Crippen MR) is 88.9 cm³/mol. The first-order valence-corrected chi connectivity index (χ1v) is 8.17. The first kappa shape index (κ1) is 16.1. The van der Waals surface area contributed by atoms with Gasteiger partial charge in [0.2, 0.25) is 11.7 Å². The topological polar surface area (TPSA) is 86.7 Å². The molecule has 8 heteroatoms. The zero-order valence-corrected chi connectivity index (χ0v) is 13.4. The van der Waals surface area contributed by atoms with Gasteiger partial charge in [0, 0.05) is 21.8 Å². The Morgan fingerprint density at radius 2 is 1.92 bits per heavy atom. The van der Waals surface area contributed by atoms with Crippen molar-refractivity contribution >= 4 is 17.7 Å². The van der Waals surface area contributed by atoms with E-state index in [1.54, 1.807) is 42.5 Å². The maximum absolute atomic E-state index is 13.5. The maximum atomic E-state index is 13.5. The minimum Gasteiger partial charge on any atom is -0.366 e. The van der Waals surface area contributed by atoms with Gasteiger partial charge in [-0.15, -0.1) is 22.0 Å². The minimum atomic E-state index is -0.483. The standard InChI is InChI=1S/C16H14FN5OS/c17-13-3-1-2-4-14(13)24-10-9-22-20-16(19-21-22)12-7-5-11(6-8-12)15(18)23/h1-8H,9-10H2,(H2,18,23). The molecule has 122 valence electrons. The monoisotopic (exact) mass is 343 g/mol. The van der Waals surface area contributed by atoms with Gasteiger partial charge < -0.3 is 5.73 Å². The summed E-state index contributed by atoms with van der Waals surface area (Å²) in [7, 11) is 0. The lowest BCUT2D eigenvalue weighted by Crippen LogP contribution is -2.10. The highest BCUT2D eigenvalue weighted by molar-refractivity contribution is 7.99. The van der Waals surface area contributed by atoms with Crippen LogP contribution in [0.15, 0.2) is 53.4 Å². The SMILES string of the molecule is NC(=O)c1ccc(-c2nnn(CCSc3ccccc3F)n2)cc1. The third-order valence-electron chi connectivity index (χ3n) is 3.27. The lowest BCUT2D eigenvalue weighted by molar-refractivity contribution is 0.100. The zero-order chi connectivity index (χ0) is 16.9. The summed E-state index contributed by atoms with van der Waals surface area (Å²) in [5.74, 6) is 0.367. The van der Waals surface area contributed by atoms with Gasteiger partial charge in [-0.2, -0.15) is 4.80 Å². The van der Waals surface area contributed by atoms with Gasteiger partial charge in [-0.3, -0.25) is 4.79 Å². The van der Waals surface area contributed by atoms with Crippen LogP contribution < -0.4 is 5.73 Å². The van der Waals surface area contributed by atoms with E-state index in [4.69, 9.17) is 5.73 Å². The molecule has 2 N–H and O–H groups in total. The molecule has 0 saturated carbocycles. The number of benzene rings is 2. The molecule has 1 amide bonds. The van der Waals surface area contributed by atoms with Crippen molar-refractivity contribution in [1.29, 1.82) is 0 Å². The summed E-state index contributed by atoms with van der Waals surface area (Å²) < 4.78 is 13.5. The van der Waals surface area contributed by atoms with Crippen LogP contribution in [0.1, 0.15) is 10.4 Å². The molecule has 0 spiro atoms. The smallest absolute Gasteiger partial charge is 0.248 e. The van der Waals surface area contributed by atoms with Gasteiger partial charge in [0.25, 0.3) is 0 Å². The van der Waals surface area contributed by atoms with Crippen molar-refractivity contribution in [3.8, 4) is 11.4 Å². The Hall–Kier alpha value is -2.74. The predicted octanol–water partition coefficient (Wildman–Crippen LogP) is 2.37. The van der Waals surface area contributed by atoms with E-state index in [-0.39, 0.29) is 5.82 Å². The first-order chi connectivity index (χ1) is 11.6. The van der Waals surface area contributed by atoms with E-state index >= 15 is 0 Å². The Balaban J connectivity index is 1.61. The summed E-state index contributed by atoms with van der Waals surface area (Å²) in [5, 5.41) is 12.2. The van der Waals surface area contributed by atoms with Crippen molar-refractivity contribution < 1.29 is 9.18 Å². The van der Waals surface area contributed by atoms with E-state index in [1.165, 1.54) is 22.6 Å². The Kier molecular flexibility index (Phi) is 4.85. The van der Waals surface area contributed by atoms with Gasteiger partial charge >= 0.3 is 0 Å². The molecule has 0 aliphatic carbocycles. The summed E-state index contributed by atoms with van der Waals surface area (Å²) in [4.78, 5) is 13.1. The number of aryl methyl sites for hydroxylation is 1. The van der Waals surface area contributed by atoms with Crippen LogP contribution in [0.25, 0.3) is 11.4 Å². The molecule has 2 aromatic carbocycles. The van der Waals surface area contributed by atoms with Gasteiger partial charge in [-0.25, -0.2) is 4.39 Å². The van der Waals surface area contributed by atoms with Crippen molar-refractivity contribution in [3.05, 3.63) is 59.9 Å². The van der Waals surface area contributed by atoms with Crippen molar-refractivity contribution in [2.45, 2.75) is 11.4 Å². The van der Waals surface area contributed by atoms with Gasteiger partial charge in [0.15, 0.2) is 0 Å². The second-order valence-corrected chi connectivity index (χ2v) is 6.07. The number of rotatable bonds is 6. The van der Waals surface area contributed by atoms with Crippen LogP contribution in [-0.4, -0.2) is 31.9 Å². The number of amides is 1. The Labute approximate surface area is 141 Å². The van der Waals surface area contributed by atoms with E-state index in [1.807, 2.05) is 0 Å². The van der Waals surface area contributed by atoms with E-state index in [9.17, 15) is 9.18 Å². The second-order valence-electron chi connectivity index (χ2n) is 4.93. The number of carbonyl (C=O) groups excluding carboxylic acids is 1. The van der Waals surface area contributed by atoms with Crippen LogP contribution in [0, 0.1) is 5.82 Å². The van der Waals surface area contributed by atoms with Gasteiger partial charge in [0.1, 0.15) is 5.82 Å². The van der Waals surface area contributed by atoms with Gasteiger partial charge in [-0.05, 0) is 29.5 Å². The minimum absolute atomic E-state index is 0.232. The third-order valence-corrected chi connectivity index (χ3v) is 4.29. The highest BCUT2D eigenvalue weighted by atomic mass is 32.2. The molecule has 0 aliphatic heterocycles. The van der Waals surface area contributed by atoms with Crippen molar-refractivity contribution in [1.82, 2.24) is 20.2 Å². The average Bonchev–Trinajstić information content (AvgIpc) is 3.05. The molecule has 0 bridgehead atoms. The molecule has 3 aromatic rings. The Morgan fingerprint density at radius 1 is 1.17 bits per heavy atom. The van der Waals surface area contributed by atoms with Crippen molar-refractivity contribution in [3.63, 3.8) is 0 Å². The third kappa shape index (κ3) is 3.77. The van der Waals surface area contributed by atoms with E-state index in [2.05, 4.69) is 15.4 Å². The zero-order valence-electron chi connectivity index (χ0n) is 12.6. The van der Waals surface area contributed by atoms with Crippen LogP contribution in [0.5, 0.6) is 0 Å². The molecular formula is C16H14FN5OS. The summed E-state index contributed by atoms with van der Waals surface area (Å²) in [6.07, 6.45) is 0. The van der Waals surface area contributed by atoms with Crippen molar-refractivity contribution in [2.75, 3.05) is 5.75 Å². The molecule has 0 aliphatic rings. The fraction of sp³-hybridized carbons (Fsp3) is 0.125. The van der Waals surface area contributed by atoms with Gasteiger partial charge in [-0.1, -0.05) is 24.3 Å². The summed E-state index contributed by atoms with van der Waals surface area (Å²) >= 11 is 1.40. The fourth-order valence-electron chi connectivity index (χ4n) is 2.04. The number of aromatic nitrogens is 4. The molecule has 0 unspecified atom stereocenters. The molecule has 0 saturated heterocycles. The summed E-state index contributed by atoms with van der Waals surface area (Å²) in [6, 6.07) is 13.3. The second kappa shape index (κ2) is 7.22. The van der Waals surface area contributed by atoms with Crippen LogP contribution in [0.2, 0.25) is 0 Å². The number of hydrogen-bond donors (Lipinski definition) is 1. The maximum Gasteiger partial charge on any atom is 0.248 e. The Bertz CT molecular complexity index is 850. The highest BCUT2D eigenvalue weighted by Gasteiger charge is 2.08. The number of nitrogens with zero attached hydrogens (tertiary/aromatic N) is 4. The van der Waals surface area contributed by atoms with Crippen molar-refractivity contribution in [2.24, 2.45) is 5.73 Å². The molecule has 0 radical (unpaired) electrons. The van der Waals surface area contributed by atoms with Crippen LogP contribution in [0.3, 0.4) is 0 Å². The van der Waals surface area contributed by atoms with Crippen LogP contribution in [-0.2, 0) is 6.54 Å². The Morgan fingerprint density at radius 3 is 2.62 bits per heavy atom. The summed E-state index contributed by atoms with van der Waals surface area (Å²) in [6.45, 7) is 0.505. The number of halogens is 1. The molecule has 0 fully saturated rings. The number of thioether (sulfide) groups is 1. The van der Waals surface area contributed by atoms with E-state index in [0.717, 1.165) is 5.56 Å². The number of hydrogen-bond acceptors (Lipinski definition) is 5. The van der Waals surface area contributed by atoms with Gasteiger partial charge in [0.05, 0.1) is 6.54 Å². The van der Waals surface area contributed by atoms with Crippen LogP contribution >= 0.6 is 11.8 Å². The number of nitrogens with two attached hydrogens (primary N) is 1. The lowest BCUT2D eigenvalue weighted by Gasteiger charge is -2.02. The molecule has 3 rings (SSSR count). The largest absolute Gasteiger partial charge is 0.366 e. The molecule has 1 aromatic heterocycles. The molecule has 6 nitrogen and oxygen atoms in total. The number of carbonyl (C=O) groups is 1. The normalized spacial score (nSPS) is 10.7. The fourth-order valence-corrected chi connectivity index (χ4v) is 2.89. The molecular weight excluding hydrogens is 329 g/mol. The van der Waals surface area contributed by atoms with E-state index in [0.29, 0.717) is 28.6 Å². The number of primary amides is 1.